The molecule has 6 heteroatoms. The number of amides is 2. The van der Waals surface area contributed by atoms with E-state index in [0.717, 1.165) is 5.56 Å². The van der Waals surface area contributed by atoms with Gasteiger partial charge in [-0.1, -0.05) is 0 Å². The molecule has 1 aliphatic rings. The van der Waals surface area contributed by atoms with Gasteiger partial charge in [-0.25, -0.2) is 0 Å². The van der Waals surface area contributed by atoms with Crippen LogP contribution in [-0.4, -0.2) is 32.6 Å². The Morgan fingerprint density at radius 1 is 1.06 bits per heavy atom. The van der Waals surface area contributed by atoms with Gasteiger partial charge < -0.3 is 20.1 Å². The summed E-state index contributed by atoms with van der Waals surface area (Å²) >= 11 is 0. The van der Waals surface area contributed by atoms with Crippen molar-refractivity contribution in [1.82, 2.24) is 10.6 Å². The number of benzene rings is 1. The van der Waals surface area contributed by atoms with Crippen LogP contribution in [0.25, 0.3) is 0 Å². The molecule has 1 heterocycles. The number of hydrogen-bond acceptors (Lipinski definition) is 4. The second-order valence-corrected chi connectivity index (χ2v) is 3.88. The van der Waals surface area contributed by atoms with Gasteiger partial charge in [0.05, 0.1) is 20.3 Å². The van der Waals surface area contributed by atoms with Crippen LogP contribution in [0.3, 0.4) is 0 Å². The highest BCUT2D eigenvalue weighted by molar-refractivity contribution is 6.35. The van der Waals surface area contributed by atoms with Gasteiger partial charge in [0.25, 0.3) is 0 Å². The van der Waals surface area contributed by atoms with Gasteiger partial charge in [0.15, 0.2) is 0 Å². The van der Waals surface area contributed by atoms with Crippen molar-refractivity contribution in [2.24, 2.45) is 0 Å². The molecule has 1 unspecified atom stereocenters. The summed E-state index contributed by atoms with van der Waals surface area (Å²) in [5.41, 5.74) is 0.819. The van der Waals surface area contributed by atoms with E-state index in [4.69, 9.17) is 9.47 Å². The van der Waals surface area contributed by atoms with Crippen molar-refractivity contribution in [3.63, 3.8) is 0 Å². The molecule has 1 atom stereocenters. The Morgan fingerprint density at radius 2 is 1.67 bits per heavy atom. The van der Waals surface area contributed by atoms with Crippen molar-refractivity contribution < 1.29 is 19.1 Å². The van der Waals surface area contributed by atoms with Gasteiger partial charge in [0.1, 0.15) is 11.5 Å². The summed E-state index contributed by atoms with van der Waals surface area (Å²) in [6.45, 7) is 0.348. The highest BCUT2D eigenvalue weighted by Gasteiger charge is 2.26. The van der Waals surface area contributed by atoms with E-state index >= 15 is 0 Å². The van der Waals surface area contributed by atoms with Crippen LogP contribution < -0.4 is 20.1 Å². The number of rotatable bonds is 3. The Kier molecular flexibility index (Phi) is 3.36. The number of methoxy groups -OCH3 is 2. The molecule has 18 heavy (non-hydrogen) atoms. The Bertz CT molecular complexity index is 465. The molecule has 1 aliphatic heterocycles. The predicted octanol–water partition coefficient (Wildman–Crippen LogP) is -0.00910. The van der Waals surface area contributed by atoms with Gasteiger partial charge in [0.2, 0.25) is 0 Å². The quantitative estimate of drug-likeness (QED) is 0.740. The van der Waals surface area contributed by atoms with Crippen LogP contribution in [0.5, 0.6) is 11.5 Å². The first kappa shape index (κ1) is 12.2. The zero-order valence-electron chi connectivity index (χ0n) is 10.1. The first-order valence-electron chi connectivity index (χ1n) is 5.45. The van der Waals surface area contributed by atoms with E-state index in [1.807, 2.05) is 0 Å². The van der Waals surface area contributed by atoms with Crippen LogP contribution in [0, 0.1) is 0 Å². The summed E-state index contributed by atoms with van der Waals surface area (Å²) in [4.78, 5) is 22.3. The molecule has 0 saturated carbocycles. The number of ether oxygens (including phenoxy) is 2. The minimum absolute atomic E-state index is 0.279. The molecule has 0 aromatic heterocycles. The van der Waals surface area contributed by atoms with Gasteiger partial charge in [-0.2, -0.15) is 0 Å². The molecular formula is C12H14N2O4. The number of carbonyl (C=O) groups excluding carboxylic acids is 2. The minimum atomic E-state index is -0.631. The summed E-state index contributed by atoms with van der Waals surface area (Å²) in [6.07, 6.45) is 0. The summed E-state index contributed by atoms with van der Waals surface area (Å²) in [5.74, 6) is 0.0279. The maximum absolute atomic E-state index is 11.3. The van der Waals surface area contributed by atoms with Gasteiger partial charge in [-0.05, 0) is 17.7 Å². The van der Waals surface area contributed by atoms with Crippen LogP contribution in [-0.2, 0) is 9.59 Å². The van der Waals surface area contributed by atoms with Crippen molar-refractivity contribution >= 4 is 11.8 Å². The second kappa shape index (κ2) is 4.95. The largest absolute Gasteiger partial charge is 0.497 e. The maximum atomic E-state index is 11.3. The topological polar surface area (TPSA) is 76.7 Å². The summed E-state index contributed by atoms with van der Waals surface area (Å²) in [7, 11) is 3.11. The summed E-state index contributed by atoms with van der Waals surface area (Å²) < 4.78 is 10.3. The number of hydrogen-bond donors (Lipinski definition) is 2. The smallest absolute Gasteiger partial charge is 0.309 e. The van der Waals surface area contributed by atoms with Crippen molar-refractivity contribution in [3.05, 3.63) is 23.8 Å². The zero-order chi connectivity index (χ0) is 13.1. The minimum Gasteiger partial charge on any atom is -0.497 e. The van der Waals surface area contributed by atoms with Crippen LogP contribution in [0.15, 0.2) is 18.2 Å². The molecule has 0 radical (unpaired) electrons. The van der Waals surface area contributed by atoms with Gasteiger partial charge >= 0.3 is 11.8 Å². The molecule has 6 nitrogen and oxygen atoms in total. The molecular weight excluding hydrogens is 236 g/mol. The van der Waals surface area contributed by atoms with E-state index in [2.05, 4.69) is 10.6 Å². The molecule has 1 aromatic carbocycles. The average molecular weight is 250 g/mol. The zero-order valence-corrected chi connectivity index (χ0v) is 10.1. The fourth-order valence-electron chi connectivity index (χ4n) is 1.78. The first-order valence-corrected chi connectivity index (χ1v) is 5.45. The van der Waals surface area contributed by atoms with Crippen molar-refractivity contribution in [2.45, 2.75) is 6.04 Å². The number of nitrogens with one attached hydrogen (secondary N) is 2. The average Bonchev–Trinajstić information content (AvgIpc) is 2.41. The lowest BCUT2D eigenvalue weighted by Crippen LogP contribution is -2.51. The standard InChI is InChI=1S/C12H14N2O4/c1-17-8-3-7(4-9(5-8)18-2)10-6-13-11(15)12(16)14-10/h3-5,10H,6H2,1-2H3,(H,13,15)(H,14,16). The first-order chi connectivity index (χ1) is 8.63. The molecule has 2 rings (SSSR count). The third-order valence-corrected chi connectivity index (χ3v) is 2.75. The van der Waals surface area contributed by atoms with E-state index in [-0.39, 0.29) is 6.04 Å². The molecule has 0 aliphatic carbocycles. The van der Waals surface area contributed by atoms with Crippen molar-refractivity contribution in [1.29, 1.82) is 0 Å². The molecule has 2 amide bonds. The fourth-order valence-corrected chi connectivity index (χ4v) is 1.78. The number of piperazine rings is 1. The Hall–Kier alpha value is -2.24. The highest BCUT2D eigenvalue weighted by Crippen LogP contribution is 2.26. The van der Waals surface area contributed by atoms with E-state index in [1.54, 1.807) is 32.4 Å². The lowest BCUT2D eigenvalue weighted by atomic mass is 10.0. The normalized spacial score (nSPS) is 18.9. The second-order valence-electron chi connectivity index (χ2n) is 3.88. The predicted molar refractivity (Wildman–Crippen MR) is 63.4 cm³/mol. The van der Waals surface area contributed by atoms with E-state index in [0.29, 0.717) is 18.0 Å². The van der Waals surface area contributed by atoms with E-state index in [9.17, 15) is 9.59 Å². The Labute approximate surface area is 104 Å². The molecule has 2 N–H and O–H groups in total. The van der Waals surface area contributed by atoms with Crippen LogP contribution >= 0.6 is 0 Å². The monoisotopic (exact) mass is 250 g/mol. The van der Waals surface area contributed by atoms with E-state index in [1.165, 1.54) is 0 Å². The third-order valence-electron chi connectivity index (χ3n) is 2.75. The lowest BCUT2D eigenvalue weighted by Gasteiger charge is -2.24. The molecule has 0 bridgehead atoms. The van der Waals surface area contributed by atoms with Crippen LogP contribution in [0.2, 0.25) is 0 Å². The number of carbonyl (C=O) groups is 2. The Morgan fingerprint density at radius 3 is 2.17 bits per heavy atom. The molecule has 0 spiro atoms. The highest BCUT2D eigenvalue weighted by atomic mass is 16.5. The molecule has 1 aromatic rings. The lowest BCUT2D eigenvalue weighted by molar-refractivity contribution is -0.141. The van der Waals surface area contributed by atoms with Crippen molar-refractivity contribution in [3.8, 4) is 11.5 Å². The molecule has 1 saturated heterocycles. The van der Waals surface area contributed by atoms with Gasteiger partial charge in [-0.3, -0.25) is 9.59 Å². The fraction of sp³-hybridized carbons (Fsp3) is 0.333. The van der Waals surface area contributed by atoms with E-state index < -0.39 is 11.8 Å². The van der Waals surface area contributed by atoms with Gasteiger partial charge in [-0.15, -0.1) is 0 Å². The summed E-state index contributed by atoms with van der Waals surface area (Å²) in [5, 5.41) is 5.15. The SMILES string of the molecule is COc1cc(OC)cc(C2CNC(=O)C(=O)N2)c1. The molecule has 96 valence electrons. The van der Waals surface area contributed by atoms with Gasteiger partial charge in [0, 0.05) is 12.6 Å². The van der Waals surface area contributed by atoms with Crippen LogP contribution in [0.4, 0.5) is 0 Å². The molecule has 1 fully saturated rings. The van der Waals surface area contributed by atoms with Crippen molar-refractivity contribution in [2.75, 3.05) is 20.8 Å². The van der Waals surface area contributed by atoms with Crippen LogP contribution in [0.1, 0.15) is 11.6 Å². The Balaban J connectivity index is 2.27. The maximum Gasteiger partial charge on any atom is 0.309 e. The third kappa shape index (κ3) is 2.37. The summed E-state index contributed by atoms with van der Waals surface area (Å²) in [6, 6.07) is 5.06.